The molecule has 114 valence electrons. The first kappa shape index (κ1) is 14.2. The van der Waals surface area contributed by atoms with E-state index in [-0.39, 0.29) is 5.91 Å². The first-order chi connectivity index (χ1) is 10.2. The van der Waals surface area contributed by atoms with Crippen LogP contribution in [0.25, 0.3) is 0 Å². The number of ether oxygens (including phenoxy) is 1. The van der Waals surface area contributed by atoms with E-state index in [1.807, 2.05) is 0 Å². The monoisotopic (exact) mass is 289 g/mol. The summed E-state index contributed by atoms with van der Waals surface area (Å²) in [7, 11) is 0. The Bertz CT molecular complexity index is 510. The van der Waals surface area contributed by atoms with Crippen molar-refractivity contribution in [2.24, 2.45) is 5.73 Å². The molecule has 2 N–H and O–H groups in total. The van der Waals surface area contributed by atoms with Gasteiger partial charge in [-0.2, -0.15) is 0 Å². The van der Waals surface area contributed by atoms with E-state index in [9.17, 15) is 4.79 Å². The van der Waals surface area contributed by atoms with Crippen LogP contribution in [0, 0.1) is 0 Å². The highest BCUT2D eigenvalue weighted by atomic mass is 16.5. The third-order valence-electron chi connectivity index (χ3n) is 4.30. The van der Waals surface area contributed by atoms with E-state index in [0.717, 1.165) is 57.9 Å². The average Bonchev–Trinajstić information content (AvgIpc) is 2.96. The van der Waals surface area contributed by atoms with Gasteiger partial charge in [-0.1, -0.05) is 12.1 Å². The lowest BCUT2D eigenvalue weighted by Gasteiger charge is -2.36. The van der Waals surface area contributed by atoms with Crippen molar-refractivity contribution in [1.29, 1.82) is 0 Å². The van der Waals surface area contributed by atoms with E-state index >= 15 is 0 Å². The molecule has 0 unspecified atom stereocenters. The van der Waals surface area contributed by atoms with Gasteiger partial charge in [0.15, 0.2) is 0 Å². The van der Waals surface area contributed by atoms with Crippen molar-refractivity contribution in [3.8, 4) is 5.75 Å². The third-order valence-corrected chi connectivity index (χ3v) is 4.30. The molecule has 1 saturated heterocycles. The molecule has 5 heteroatoms. The van der Waals surface area contributed by atoms with E-state index in [1.54, 1.807) is 0 Å². The Morgan fingerprint density at radius 2 is 2.05 bits per heavy atom. The molecule has 5 nitrogen and oxygen atoms in total. The van der Waals surface area contributed by atoms with Crippen LogP contribution in [0.1, 0.15) is 18.4 Å². The van der Waals surface area contributed by atoms with E-state index in [0.29, 0.717) is 6.42 Å². The van der Waals surface area contributed by atoms with Gasteiger partial charge >= 0.3 is 0 Å². The highest BCUT2D eigenvalue weighted by Gasteiger charge is 2.23. The molecule has 1 aromatic rings. The van der Waals surface area contributed by atoms with Gasteiger partial charge in [0.1, 0.15) is 5.75 Å². The van der Waals surface area contributed by atoms with Crippen molar-refractivity contribution < 1.29 is 9.53 Å². The fourth-order valence-corrected chi connectivity index (χ4v) is 3.14. The second-order valence-corrected chi connectivity index (χ2v) is 5.76. The molecule has 1 amide bonds. The summed E-state index contributed by atoms with van der Waals surface area (Å²) >= 11 is 0. The summed E-state index contributed by atoms with van der Waals surface area (Å²) in [5.74, 6) is 0.880. The van der Waals surface area contributed by atoms with Crippen molar-refractivity contribution in [3.05, 3.63) is 23.8 Å². The standard InChI is InChI=1S/C16H23N3O2/c17-15(20)5-2-7-18-8-10-19(11-9-18)14-4-1-3-13-6-12-21-16(13)14/h1,3-4H,2,5-12H2,(H2,17,20). The number of amides is 1. The minimum Gasteiger partial charge on any atom is -0.491 e. The number of nitrogens with two attached hydrogens (primary N) is 1. The van der Waals surface area contributed by atoms with Crippen LogP contribution in [-0.2, 0) is 11.2 Å². The Morgan fingerprint density at radius 1 is 1.24 bits per heavy atom. The van der Waals surface area contributed by atoms with Crippen LogP contribution >= 0.6 is 0 Å². The molecule has 0 aromatic heterocycles. The normalized spacial score (nSPS) is 18.4. The molecule has 0 bridgehead atoms. The van der Waals surface area contributed by atoms with E-state index in [1.165, 1.54) is 11.3 Å². The number of para-hydroxylation sites is 1. The van der Waals surface area contributed by atoms with Crippen LogP contribution in [0.4, 0.5) is 5.69 Å². The van der Waals surface area contributed by atoms with Gasteiger partial charge in [0.05, 0.1) is 12.3 Å². The maximum atomic E-state index is 10.8. The molecule has 0 radical (unpaired) electrons. The Balaban J connectivity index is 1.54. The third kappa shape index (κ3) is 3.29. The summed E-state index contributed by atoms with van der Waals surface area (Å²) in [5.41, 5.74) is 7.75. The number of fused-ring (bicyclic) bond motifs is 1. The van der Waals surface area contributed by atoms with Crippen molar-refractivity contribution in [1.82, 2.24) is 4.90 Å². The largest absolute Gasteiger partial charge is 0.491 e. The van der Waals surface area contributed by atoms with Crippen LogP contribution in [-0.4, -0.2) is 50.1 Å². The van der Waals surface area contributed by atoms with E-state index < -0.39 is 0 Å². The van der Waals surface area contributed by atoms with Gasteiger partial charge in [-0.05, 0) is 24.6 Å². The Labute approximate surface area is 125 Å². The lowest BCUT2D eigenvalue weighted by atomic mass is 10.1. The second kappa shape index (κ2) is 6.35. The first-order valence-corrected chi connectivity index (χ1v) is 7.74. The number of rotatable bonds is 5. The van der Waals surface area contributed by atoms with Crippen LogP contribution in [0.15, 0.2) is 18.2 Å². The SMILES string of the molecule is NC(=O)CCCN1CCN(c2cccc3c2OCC3)CC1. The van der Waals surface area contributed by atoms with Crippen molar-refractivity contribution in [2.75, 3.05) is 44.2 Å². The molecule has 2 aliphatic rings. The zero-order valence-corrected chi connectivity index (χ0v) is 12.4. The van der Waals surface area contributed by atoms with Gasteiger partial charge in [0, 0.05) is 39.0 Å². The molecule has 2 aliphatic heterocycles. The molecule has 0 saturated carbocycles. The maximum Gasteiger partial charge on any atom is 0.217 e. The van der Waals surface area contributed by atoms with Gasteiger partial charge in [0.2, 0.25) is 5.91 Å². The summed E-state index contributed by atoms with van der Waals surface area (Å²) < 4.78 is 5.79. The molecule has 0 spiro atoms. The van der Waals surface area contributed by atoms with Gasteiger partial charge < -0.3 is 15.4 Å². The topological polar surface area (TPSA) is 58.8 Å². The quantitative estimate of drug-likeness (QED) is 0.879. The highest BCUT2D eigenvalue weighted by Crippen LogP contribution is 2.36. The van der Waals surface area contributed by atoms with Crippen molar-refractivity contribution in [2.45, 2.75) is 19.3 Å². The first-order valence-electron chi connectivity index (χ1n) is 7.74. The van der Waals surface area contributed by atoms with Gasteiger partial charge in [0.25, 0.3) is 0 Å². The molecule has 1 fully saturated rings. The van der Waals surface area contributed by atoms with Gasteiger partial charge in [-0.15, -0.1) is 0 Å². The van der Waals surface area contributed by atoms with Gasteiger partial charge in [-0.3, -0.25) is 9.69 Å². The fraction of sp³-hybridized carbons (Fsp3) is 0.562. The summed E-state index contributed by atoms with van der Waals surface area (Å²) in [5, 5.41) is 0. The molecule has 2 heterocycles. The smallest absolute Gasteiger partial charge is 0.217 e. The van der Waals surface area contributed by atoms with Crippen LogP contribution in [0.5, 0.6) is 5.75 Å². The van der Waals surface area contributed by atoms with Crippen LogP contribution in [0.2, 0.25) is 0 Å². The molecular weight excluding hydrogens is 266 g/mol. The number of hydrogen-bond donors (Lipinski definition) is 1. The zero-order chi connectivity index (χ0) is 14.7. The Hall–Kier alpha value is -1.75. The molecular formula is C16H23N3O2. The number of carbonyl (C=O) groups is 1. The van der Waals surface area contributed by atoms with E-state index in [2.05, 4.69) is 28.0 Å². The lowest BCUT2D eigenvalue weighted by Crippen LogP contribution is -2.46. The fourth-order valence-electron chi connectivity index (χ4n) is 3.14. The van der Waals surface area contributed by atoms with Crippen molar-refractivity contribution in [3.63, 3.8) is 0 Å². The Morgan fingerprint density at radius 3 is 2.81 bits per heavy atom. The summed E-state index contributed by atoms with van der Waals surface area (Å²) in [4.78, 5) is 15.6. The molecule has 21 heavy (non-hydrogen) atoms. The molecule has 0 atom stereocenters. The zero-order valence-electron chi connectivity index (χ0n) is 12.4. The highest BCUT2D eigenvalue weighted by molar-refractivity contribution is 5.73. The van der Waals surface area contributed by atoms with Crippen LogP contribution < -0.4 is 15.4 Å². The number of piperazine rings is 1. The number of benzene rings is 1. The van der Waals surface area contributed by atoms with Gasteiger partial charge in [-0.25, -0.2) is 0 Å². The number of hydrogen-bond acceptors (Lipinski definition) is 4. The predicted octanol–water partition coefficient (Wildman–Crippen LogP) is 1.01. The average molecular weight is 289 g/mol. The molecule has 0 aliphatic carbocycles. The van der Waals surface area contributed by atoms with E-state index in [4.69, 9.17) is 10.5 Å². The summed E-state index contributed by atoms with van der Waals surface area (Å²) in [6.45, 7) is 5.84. The minimum absolute atomic E-state index is 0.203. The summed E-state index contributed by atoms with van der Waals surface area (Å²) in [6, 6.07) is 6.45. The lowest BCUT2D eigenvalue weighted by molar-refractivity contribution is -0.118. The predicted molar refractivity (Wildman–Crippen MR) is 82.7 cm³/mol. The van der Waals surface area contributed by atoms with Crippen molar-refractivity contribution >= 4 is 11.6 Å². The summed E-state index contributed by atoms with van der Waals surface area (Å²) in [6.07, 6.45) is 2.37. The number of anilines is 1. The number of primary amides is 1. The Kier molecular flexibility index (Phi) is 4.29. The number of nitrogens with zero attached hydrogens (tertiary/aromatic N) is 2. The number of carbonyl (C=O) groups excluding carboxylic acids is 1. The maximum absolute atomic E-state index is 10.8. The molecule has 3 rings (SSSR count). The minimum atomic E-state index is -0.203. The second-order valence-electron chi connectivity index (χ2n) is 5.76. The molecule has 1 aromatic carbocycles. The van der Waals surface area contributed by atoms with Crippen LogP contribution in [0.3, 0.4) is 0 Å².